The first-order chi connectivity index (χ1) is 9.23. The second-order valence-corrected chi connectivity index (χ2v) is 7.07. The Labute approximate surface area is 129 Å². The molecule has 0 saturated heterocycles. The average molecular weight is 346 g/mol. The largest absolute Gasteiger partial charge is 0.373 e. The standard InChI is InChI=1S/C15H24BrNOS/c1-3-18-15(9-6-4-5-7-10-15)14(17-2)13-12(16)8-11-19-13/h8,11,14,17H,3-7,9-10H2,1-2H3. The van der Waals surface area contributed by atoms with Crippen LogP contribution in [0.1, 0.15) is 56.4 Å². The molecule has 1 unspecified atom stereocenters. The van der Waals surface area contributed by atoms with E-state index < -0.39 is 0 Å². The lowest BCUT2D eigenvalue weighted by atomic mass is 9.85. The molecule has 0 radical (unpaired) electrons. The first-order valence-corrected chi connectivity index (χ1v) is 8.95. The maximum Gasteiger partial charge on any atom is 0.0884 e. The number of hydrogen-bond acceptors (Lipinski definition) is 3. The van der Waals surface area contributed by atoms with Gasteiger partial charge in [0.25, 0.3) is 0 Å². The van der Waals surface area contributed by atoms with Crippen LogP contribution in [0, 0.1) is 0 Å². The lowest BCUT2D eigenvalue weighted by Gasteiger charge is -2.40. The highest BCUT2D eigenvalue weighted by atomic mass is 79.9. The van der Waals surface area contributed by atoms with Gasteiger partial charge >= 0.3 is 0 Å². The predicted octanol–water partition coefficient (Wildman–Crippen LogP) is 4.90. The maximum atomic E-state index is 6.31. The molecule has 1 aliphatic carbocycles. The summed E-state index contributed by atoms with van der Waals surface area (Å²) in [5.74, 6) is 0. The molecule has 0 aliphatic heterocycles. The fourth-order valence-corrected chi connectivity index (χ4v) is 5.09. The molecule has 0 bridgehead atoms. The molecular weight excluding hydrogens is 322 g/mol. The van der Waals surface area contributed by atoms with E-state index in [-0.39, 0.29) is 5.60 Å². The Kier molecular flexibility index (Phi) is 5.87. The highest BCUT2D eigenvalue weighted by Gasteiger charge is 2.41. The number of nitrogens with one attached hydrogen (secondary N) is 1. The van der Waals surface area contributed by atoms with Crippen molar-refractivity contribution < 1.29 is 4.74 Å². The number of ether oxygens (including phenoxy) is 1. The van der Waals surface area contributed by atoms with Gasteiger partial charge in [0, 0.05) is 16.0 Å². The molecule has 1 N–H and O–H groups in total. The molecule has 1 aromatic rings. The van der Waals surface area contributed by atoms with Crippen LogP contribution in [0.5, 0.6) is 0 Å². The van der Waals surface area contributed by atoms with Crippen LogP contribution in [0.3, 0.4) is 0 Å². The number of rotatable bonds is 5. The van der Waals surface area contributed by atoms with Gasteiger partial charge in [-0.2, -0.15) is 0 Å². The molecule has 4 heteroatoms. The third kappa shape index (κ3) is 3.41. The highest BCUT2D eigenvalue weighted by Crippen LogP contribution is 2.44. The van der Waals surface area contributed by atoms with Crippen molar-refractivity contribution in [3.05, 3.63) is 20.8 Å². The second kappa shape index (κ2) is 7.21. The van der Waals surface area contributed by atoms with Gasteiger partial charge in [0.1, 0.15) is 0 Å². The molecule has 1 atom stereocenters. The number of thiophene rings is 1. The zero-order chi connectivity index (χ0) is 13.7. The summed E-state index contributed by atoms with van der Waals surface area (Å²) in [7, 11) is 2.06. The van der Waals surface area contributed by atoms with Crippen LogP contribution < -0.4 is 5.32 Å². The lowest BCUT2D eigenvalue weighted by molar-refractivity contribution is -0.0760. The zero-order valence-electron chi connectivity index (χ0n) is 11.9. The van der Waals surface area contributed by atoms with E-state index in [1.807, 2.05) is 11.3 Å². The van der Waals surface area contributed by atoms with Crippen molar-refractivity contribution in [3.8, 4) is 0 Å². The predicted molar refractivity (Wildman–Crippen MR) is 85.9 cm³/mol. The first kappa shape index (κ1) is 15.5. The van der Waals surface area contributed by atoms with E-state index in [4.69, 9.17) is 4.74 Å². The molecule has 1 saturated carbocycles. The number of likely N-dealkylation sites (N-methyl/N-ethyl adjacent to an activating group) is 1. The number of hydrogen-bond donors (Lipinski definition) is 1. The molecule has 1 fully saturated rings. The minimum absolute atomic E-state index is 0.0344. The molecule has 2 nitrogen and oxygen atoms in total. The van der Waals surface area contributed by atoms with E-state index in [0.29, 0.717) is 6.04 Å². The van der Waals surface area contributed by atoms with Gasteiger partial charge in [-0.05, 0) is 54.2 Å². The van der Waals surface area contributed by atoms with Gasteiger partial charge < -0.3 is 10.1 Å². The van der Waals surface area contributed by atoms with Crippen molar-refractivity contribution in [1.29, 1.82) is 0 Å². The van der Waals surface area contributed by atoms with E-state index in [0.717, 1.165) is 19.4 Å². The van der Waals surface area contributed by atoms with Crippen LogP contribution in [-0.4, -0.2) is 19.3 Å². The van der Waals surface area contributed by atoms with Crippen molar-refractivity contribution in [3.63, 3.8) is 0 Å². The van der Waals surface area contributed by atoms with Crippen molar-refractivity contribution in [2.24, 2.45) is 0 Å². The summed E-state index contributed by atoms with van der Waals surface area (Å²) in [5, 5.41) is 5.68. The Hall–Kier alpha value is 0.100. The summed E-state index contributed by atoms with van der Waals surface area (Å²) in [5.41, 5.74) is -0.0344. The van der Waals surface area contributed by atoms with E-state index >= 15 is 0 Å². The molecule has 108 valence electrons. The fraction of sp³-hybridized carbons (Fsp3) is 0.733. The summed E-state index contributed by atoms with van der Waals surface area (Å²) < 4.78 is 7.51. The van der Waals surface area contributed by atoms with Gasteiger partial charge in [-0.3, -0.25) is 0 Å². The van der Waals surface area contributed by atoms with E-state index in [1.54, 1.807) is 0 Å². The Morgan fingerprint density at radius 3 is 2.53 bits per heavy atom. The van der Waals surface area contributed by atoms with Crippen molar-refractivity contribution >= 4 is 27.3 Å². The Morgan fingerprint density at radius 1 is 1.37 bits per heavy atom. The van der Waals surface area contributed by atoms with Gasteiger partial charge in [-0.15, -0.1) is 11.3 Å². The molecule has 0 amide bonds. The Balaban J connectivity index is 2.31. The third-order valence-corrected chi connectivity index (χ3v) is 6.04. The van der Waals surface area contributed by atoms with Crippen LogP contribution in [0.4, 0.5) is 0 Å². The molecule has 0 spiro atoms. The second-order valence-electron chi connectivity index (χ2n) is 5.27. The average Bonchev–Trinajstić information content (AvgIpc) is 2.68. The van der Waals surface area contributed by atoms with Crippen LogP contribution in [-0.2, 0) is 4.74 Å². The van der Waals surface area contributed by atoms with Crippen molar-refractivity contribution in [1.82, 2.24) is 5.32 Å². The lowest BCUT2D eigenvalue weighted by Crippen LogP contribution is -2.44. The Bertz CT molecular complexity index is 385. The normalized spacial score (nSPS) is 21.0. The van der Waals surface area contributed by atoms with Gasteiger partial charge in [0.15, 0.2) is 0 Å². The summed E-state index contributed by atoms with van der Waals surface area (Å²) in [6, 6.07) is 2.43. The van der Waals surface area contributed by atoms with E-state index in [1.165, 1.54) is 35.0 Å². The monoisotopic (exact) mass is 345 g/mol. The van der Waals surface area contributed by atoms with Crippen molar-refractivity contribution in [2.45, 2.75) is 57.1 Å². The molecule has 1 heterocycles. The molecule has 1 aliphatic rings. The van der Waals surface area contributed by atoms with Crippen molar-refractivity contribution in [2.75, 3.05) is 13.7 Å². The van der Waals surface area contributed by atoms with Crippen LogP contribution in [0.15, 0.2) is 15.9 Å². The molecule has 2 rings (SSSR count). The van der Waals surface area contributed by atoms with Crippen LogP contribution in [0.25, 0.3) is 0 Å². The highest BCUT2D eigenvalue weighted by molar-refractivity contribution is 9.10. The molecule has 1 aromatic heterocycles. The van der Waals surface area contributed by atoms with Gasteiger partial charge in [-0.1, -0.05) is 25.7 Å². The zero-order valence-corrected chi connectivity index (χ0v) is 14.3. The van der Waals surface area contributed by atoms with E-state index in [9.17, 15) is 0 Å². The molecule has 0 aromatic carbocycles. The topological polar surface area (TPSA) is 21.3 Å². The summed E-state index contributed by atoms with van der Waals surface area (Å²) in [6.45, 7) is 2.91. The minimum Gasteiger partial charge on any atom is -0.373 e. The summed E-state index contributed by atoms with van der Waals surface area (Å²) in [4.78, 5) is 1.37. The SMILES string of the molecule is CCOC1(C(NC)c2sccc2Br)CCCCCC1. The fourth-order valence-electron chi connectivity index (χ4n) is 3.28. The van der Waals surface area contributed by atoms with Gasteiger partial charge in [-0.25, -0.2) is 0 Å². The first-order valence-electron chi connectivity index (χ1n) is 7.27. The number of halogens is 1. The quantitative estimate of drug-likeness (QED) is 0.766. The molecular formula is C15H24BrNOS. The van der Waals surface area contributed by atoms with Crippen LogP contribution in [0.2, 0.25) is 0 Å². The van der Waals surface area contributed by atoms with E-state index in [2.05, 4.69) is 46.7 Å². The summed E-state index contributed by atoms with van der Waals surface area (Å²) >= 11 is 5.50. The van der Waals surface area contributed by atoms with Crippen LogP contribution >= 0.6 is 27.3 Å². The van der Waals surface area contributed by atoms with Gasteiger partial charge in [0.2, 0.25) is 0 Å². The maximum absolute atomic E-state index is 6.31. The smallest absolute Gasteiger partial charge is 0.0884 e. The Morgan fingerprint density at radius 2 is 2.05 bits per heavy atom. The molecule has 19 heavy (non-hydrogen) atoms. The third-order valence-electron chi connectivity index (χ3n) is 4.10. The van der Waals surface area contributed by atoms with Gasteiger partial charge in [0.05, 0.1) is 11.6 Å². The summed E-state index contributed by atoms with van der Waals surface area (Å²) in [6.07, 6.45) is 7.57. The minimum atomic E-state index is -0.0344.